The first-order valence-electron chi connectivity index (χ1n) is 8.83. The fraction of sp³-hybridized carbons (Fsp3) is 0.263. The Kier molecular flexibility index (Phi) is 4.57. The van der Waals surface area contributed by atoms with Gasteiger partial charge >= 0.3 is 174 Å². The van der Waals surface area contributed by atoms with Gasteiger partial charge in [-0.25, -0.2) is 0 Å². The molecular weight excluding hydrogens is 440 g/mol. The summed E-state index contributed by atoms with van der Waals surface area (Å²) in [7, 11) is 1.67. The average Bonchev–Trinajstić information content (AvgIpc) is 3.22. The second-order valence-electron chi connectivity index (χ2n) is 7.17. The number of imidazole rings is 1. The predicted octanol–water partition coefficient (Wildman–Crippen LogP) is 1.18. The first-order valence-corrected chi connectivity index (χ1v) is 10.0. The van der Waals surface area contributed by atoms with Crippen LogP contribution in [0.1, 0.15) is 34.6 Å². The van der Waals surface area contributed by atoms with E-state index in [0.717, 1.165) is 5.69 Å². The van der Waals surface area contributed by atoms with Gasteiger partial charge in [0.15, 0.2) is 0 Å². The molecule has 8 nitrogen and oxygen atoms in total. The molecule has 29 heavy (non-hydrogen) atoms. The van der Waals surface area contributed by atoms with Crippen LogP contribution in [-0.4, -0.2) is 41.4 Å². The van der Waals surface area contributed by atoms with Gasteiger partial charge < -0.3 is 0 Å². The van der Waals surface area contributed by atoms with Gasteiger partial charge in [0.2, 0.25) is 0 Å². The van der Waals surface area contributed by atoms with E-state index in [0.29, 0.717) is 21.6 Å². The topological polar surface area (TPSA) is 94.4 Å². The first-order chi connectivity index (χ1) is 13.7. The summed E-state index contributed by atoms with van der Waals surface area (Å²) >= 11 is 1.26. The summed E-state index contributed by atoms with van der Waals surface area (Å²) < 4.78 is 23.6. The molecule has 10 heteroatoms. The molecule has 3 aromatic rings. The van der Waals surface area contributed by atoms with Gasteiger partial charge in [-0.2, -0.15) is 0 Å². The Hall–Kier alpha value is -2.93. The monoisotopic (exact) mass is 459 g/mol. The maximum absolute atomic E-state index is 14.8. The van der Waals surface area contributed by atoms with Gasteiger partial charge in [-0.1, -0.05) is 0 Å². The van der Waals surface area contributed by atoms with E-state index >= 15 is 0 Å². The van der Waals surface area contributed by atoms with Gasteiger partial charge in [-0.05, 0) is 0 Å². The number of nitrogens with zero attached hydrogens (tertiary/aromatic N) is 4. The molecule has 1 aliphatic heterocycles. The van der Waals surface area contributed by atoms with Crippen molar-refractivity contribution in [3.05, 3.63) is 69.8 Å². The van der Waals surface area contributed by atoms with Crippen LogP contribution in [0.2, 0.25) is 0 Å². The maximum atomic E-state index is 14.8. The molecule has 0 saturated carbocycles. The Morgan fingerprint density at radius 1 is 1.41 bits per heavy atom. The summed E-state index contributed by atoms with van der Waals surface area (Å²) in [5, 5.41) is 2.70. The van der Waals surface area contributed by atoms with Crippen molar-refractivity contribution in [3.8, 4) is 0 Å². The number of aliphatic imine (C=N–C) groups is 1. The van der Waals surface area contributed by atoms with Crippen molar-refractivity contribution in [2.45, 2.75) is 25.9 Å². The van der Waals surface area contributed by atoms with E-state index in [2.05, 4.69) is 10.3 Å². The third-order valence-corrected chi connectivity index (χ3v) is 5.78. The number of hydrogen-bond acceptors (Lipinski definition) is 5. The normalized spacial score (nSPS) is 18.3. The summed E-state index contributed by atoms with van der Waals surface area (Å²) in [6.45, 7) is 3.62. The number of halogens is 1. The van der Waals surface area contributed by atoms with Crippen molar-refractivity contribution < 1.29 is 13.6 Å². The molecule has 1 amide bonds. The molecule has 0 fully saturated rings. The number of aromatic nitrogens is 3. The Morgan fingerprint density at radius 2 is 2.17 bits per heavy atom. The molecule has 1 unspecified atom stereocenters. The van der Waals surface area contributed by atoms with E-state index in [1.54, 1.807) is 37.7 Å². The molecule has 2 atom stereocenters. The molecule has 1 N–H and O–H groups in total. The van der Waals surface area contributed by atoms with E-state index in [1.807, 2.05) is 0 Å². The number of hydrogen-bond donors (Lipinski definition) is 1. The van der Waals surface area contributed by atoms with Crippen molar-refractivity contribution >= 4 is 32.9 Å². The van der Waals surface area contributed by atoms with Crippen LogP contribution in [0.3, 0.4) is 0 Å². The number of anilines is 1. The van der Waals surface area contributed by atoms with E-state index in [1.165, 1.54) is 39.8 Å². The number of carbonyl (C=O) groups excluding carboxylic acids is 1. The van der Waals surface area contributed by atoms with Crippen molar-refractivity contribution in [2.24, 2.45) is 12.0 Å². The van der Waals surface area contributed by atoms with Crippen molar-refractivity contribution in [1.82, 2.24) is 14.1 Å². The first kappa shape index (κ1) is 19.4. The fourth-order valence-corrected chi connectivity index (χ4v) is 4.53. The Balaban J connectivity index is 1.70. The number of aryl methyl sites for hydroxylation is 2. The van der Waals surface area contributed by atoms with Crippen LogP contribution >= 0.6 is 0 Å². The Bertz CT molecular complexity index is 1220. The van der Waals surface area contributed by atoms with Crippen LogP contribution in [0.25, 0.3) is 0 Å². The molecule has 150 valence electrons. The van der Waals surface area contributed by atoms with Gasteiger partial charge in [0.05, 0.1) is 0 Å². The average molecular weight is 459 g/mol. The molecule has 0 spiro atoms. The summed E-state index contributed by atoms with van der Waals surface area (Å²) in [5.41, 5.74) is 0.401. The second-order valence-corrected chi connectivity index (χ2v) is 8.31. The van der Waals surface area contributed by atoms with Gasteiger partial charge in [0.25, 0.3) is 0 Å². The van der Waals surface area contributed by atoms with Crippen LogP contribution in [0, 0.1) is 12.7 Å². The molecular formula is C19H19AsFN5O3. The zero-order valence-corrected chi connectivity index (χ0v) is 18.5. The number of oxazole rings is 1. The van der Waals surface area contributed by atoms with Crippen LogP contribution in [0.15, 0.2) is 44.9 Å². The summed E-state index contributed by atoms with van der Waals surface area (Å²) in [4.78, 5) is 33.5. The van der Waals surface area contributed by atoms with Crippen molar-refractivity contribution in [2.75, 3.05) is 5.32 Å². The van der Waals surface area contributed by atoms with Crippen LogP contribution < -0.4 is 11.0 Å². The summed E-state index contributed by atoms with van der Waals surface area (Å²) in [6.07, 6.45) is 2.99. The Labute approximate surface area is 174 Å². The predicted molar refractivity (Wildman–Crippen MR) is 108 cm³/mol. The van der Waals surface area contributed by atoms with Crippen LogP contribution in [0.4, 0.5) is 10.1 Å². The summed E-state index contributed by atoms with van der Waals surface area (Å²) in [5.74, 6) is -0.544. The minimum absolute atomic E-state index is 0.134. The molecule has 1 aromatic carbocycles. The molecule has 0 aliphatic carbocycles. The number of rotatable bonds is 3. The van der Waals surface area contributed by atoms with E-state index < -0.39 is 17.3 Å². The molecule has 4 rings (SSSR count). The van der Waals surface area contributed by atoms with E-state index in [9.17, 15) is 14.0 Å². The van der Waals surface area contributed by atoms with Gasteiger partial charge in [0, 0.05) is 0 Å². The molecule has 2 aromatic heterocycles. The van der Waals surface area contributed by atoms with Crippen LogP contribution in [0.5, 0.6) is 0 Å². The quantitative estimate of drug-likeness (QED) is 0.596. The molecule has 0 bridgehead atoms. The summed E-state index contributed by atoms with van der Waals surface area (Å²) in [6, 6.07) is 4.29. The third kappa shape index (κ3) is 3.35. The zero-order valence-electron chi connectivity index (χ0n) is 16.1. The van der Waals surface area contributed by atoms with Crippen LogP contribution in [-0.2, 0) is 19.1 Å². The minimum atomic E-state index is -0.987. The zero-order chi connectivity index (χ0) is 20.9. The number of carbonyl (C=O) groups is 1. The number of benzene rings is 1. The standard InChI is InChI=1S/C19H19AsFN5O3/c1-10-22-14(8-29-10)17(27)23-11-4-5-13(21)12(6-11)19(2)9-26-15(16(20)24-19)7-25(3)18(26)28/h4-8H,9,20H2,1-3H3,(H,23,27)/t19-/m0/s1. The molecule has 0 saturated heterocycles. The number of fused-ring (bicyclic) bond motifs is 1. The SMILES string of the molecule is Cc1nc(C(=O)Nc2ccc(F)c([C@]3(C)Cn4c(cn(C)c4=O)C([AsH2])=N3)c2)co1. The van der Waals surface area contributed by atoms with Gasteiger partial charge in [0.1, 0.15) is 0 Å². The third-order valence-electron chi connectivity index (χ3n) is 4.89. The molecule has 1 aliphatic rings. The van der Waals surface area contributed by atoms with E-state index in [-0.39, 0.29) is 17.9 Å². The molecule has 0 radical (unpaired) electrons. The van der Waals surface area contributed by atoms with Crippen molar-refractivity contribution in [1.29, 1.82) is 0 Å². The molecule has 3 heterocycles. The second kappa shape index (κ2) is 6.84. The fourth-order valence-electron chi connectivity index (χ4n) is 3.45. The van der Waals surface area contributed by atoms with Gasteiger partial charge in [-0.15, -0.1) is 0 Å². The van der Waals surface area contributed by atoms with Gasteiger partial charge in [-0.3, -0.25) is 0 Å². The number of amides is 1. The van der Waals surface area contributed by atoms with E-state index in [4.69, 9.17) is 9.41 Å². The van der Waals surface area contributed by atoms with Crippen molar-refractivity contribution in [3.63, 3.8) is 0 Å². The number of nitrogens with one attached hydrogen (secondary N) is 1. The Morgan fingerprint density at radius 3 is 2.86 bits per heavy atom.